The average molecular weight is 364 g/mol. The van der Waals surface area contributed by atoms with Crippen LogP contribution in [0.25, 0.3) is 0 Å². The van der Waals surface area contributed by atoms with E-state index in [2.05, 4.69) is 20.9 Å². The van der Waals surface area contributed by atoms with Gasteiger partial charge in [0.2, 0.25) is 0 Å². The van der Waals surface area contributed by atoms with Crippen LogP contribution in [-0.2, 0) is 22.0 Å². The summed E-state index contributed by atoms with van der Waals surface area (Å²) in [4.78, 5) is 4.05. The van der Waals surface area contributed by atoms with Crippen LogP contribution in [0.15, 0.2) is 40.0 Å². The summed E-state index contributed by atoms with van der Waals surface area (Å²) in [6, 6.07) is 7.77. The molecule has 1 heterocycles. The number of aromatic nitrogens is 2. The second kappa shape index (κ2) is 5.64. The van der Waals surface area contributed by atoms with Crippen LogP contribution in [0, 0.1) is 0 Å². The molecule has 0 radical (unpaired) electrons. The molecule has 102 valence electrons. The molecule has 0 unspecified atom stereocenters. The number of halogens is 2. The Hall–Kier alpha value is -0.850. The third-order valence-electron chi connectivity index (χ3n) is 2.70. The summed E-state index contributed by atoms with van der Waals surface area (Å²) in [6.07, 6.45) is 2.11. The maximum Gasteiger partial charge on any atom is 0.280 e. The van der Waals surface area contributed by atoms with Gasteiger partial charge < -0.3 is 4.57 Å². The molecule has 2 aromatic rings. The Morgan fingerprint density at radius 1 is 1.37 bits per heavy atom. The lowest BCUT2D eigenvalue weighted by molar-refractivity contribution is 0.606. The van der Waals surface area contributed by atoms with Crippen LogP contribution < -0.4 is 0 Å². The fourth-order valence-electron chi connectivity index (χ4n) is 1.77. The van der Waals surface area contributed by atoms with Crippen LogP contribution in [0.3, 0.4) is 0 Å². The van der Waals surface area contributed by atoms with E-state index in [4.69, 9.17) is 10.7 Å². The van der Waals surface area contributed by atoms with Crippen LogP contribution in [0.2, 0.25) is 0 Å². The number of aryl methyl sites for hydroxylation is 1. The first kappa shape index (κ1) is 14.6. The molecule has 0 fully saturated rings. The molecule has 4 nitrogen and oxygen atoms in total. The fourth-order valence-corrected chi connectivity index (χ4v) is 2.88. The van der Waals surface area contributed by atoms with Crippen molar-refractivity contribution in [2.24, 2.45) is 0 Å². The molecule has 0 amide bonds. The number of hydrogen-bond donors (Lipinski definition) is 0. The van der Waals surface area contributed by atoms with E-state index in [0.29, 0.717) is 18.8 Å². The minimum absolute atomic E-state index is 0.0990. The topological polar surface area (TPSA) is 52.0 Å². The lowest BCUT2D eigenvalue weighted by Crippen LogP contribution is -2.03. The number of benzene rings is 1. The smallest absolute Gasteiger partial charge is 0.280 e. The Balaban J connectivity index is 2.40. The summed E-state index contributed by atoms with van der Waals surface area (Å²) in [5.41, 5.74) is 1.05. The molecule has 0 atom stereocenters. The minimum Gasteiger partial charge on any atom is -0.329 e. The van der Waals surface area contributed by atoms with Gasteiger partial charge in [-0.15, -0.1) is 0 Å². The van der Waals surface area contributed by atoms with E-state index < -0.39 is 9.05 Å². The highest BCUT2D eigenvalue weighted by atomic mass is 79.9. The molecule has 0 aliphatic rings. The van der Waals surface area contributed by atoms with Crippen molar-refractivity contribution < 1.29 is 8.42 Å². The van der Waals surface area contributed by atoms with Gasteiger partial charge in [0.15, 0.2) is 5.03 Å². The number of nitrogens with zero attached hydrogens (tertiary/aromatic N) is 2. The SMILES string of the molecule is CCc1nc(S(=O)(=O)Cl)cn1Cc1ccccc1Br. The summed E-state index contributed by atoms with van der Waals surface area (Å²) < 4.78 is 25.4. The van der Waals surface area contributed by atoms with Crippen molar-refractivity contribution in [2.75, 3.05) is 0 Å². The Labute approximate surface area is 125 Å². The highest BCUT2D eigenvalue weighted by Gasteiger charge is 2.17. The van der Waals surface area contributed by atoms with Crippen molar-refractivity contribution in [3.63, 3.8) is 0 Å². The van der Waals surface area contributed by atoms with Crippen molar-refractivity contribution in [1.82, 2.24) is 9.55 Å². The summed E-state index contributed by atoms with van der Waals surface area (Å²) in [5.74, 6) is 0.690. The zero-order chi connectivity index (χ0) is 14.0. The Bertz CT molecular complexity index is 698. The molecule has 7 heteroatoms. The maximum absolute atomic E-state index is 11.3. The normalized spacial score (nSPS) is 11.7. The van der Waals surface area contributed by atoms with Gasteiger partial charge in [-0.1, -0.05) is 41.1 Å². The average Bonchev–Trinajstić information content (AvgIpc) is 2.75. The zero-order valence-corrected chi connectivity index (χ0v) is 13.3. The highest BCUT2D eigenvalue weighted by Crippen LogP contribution is 2.20. The molecule has 19 heavy (non-hydrogen) atoms. The highest BCUT2D eigenvalue weighted by molar-refractivity contribution is 9.10. The molecule has 0 saturated carbocycles. The lowest BCUT2D eigenvalue weighted by Gasteiger charge is -2.07. The van der Waals surface area contributed by atoms with E-state index in [-0.39, 0.29) is 5.03 Å². The van der Waals surface area contributed by atoms with Crippen molar-refractivity contribution in [1.29, 1.82) is 0 Å². The first-order valence-electron chi connectivity index (χ1n) is 5.66. The van der Waals surface area contributed by atoms with Gasteiger partial charge in [-0.05, 0) is 11.6 Å². The van der Waals surface area contributed by atoms with Crippen LogP contribution in [0.5, 0.6) is 0 Å². The van der Waals surface area contributed by atoms with E-state index in [0.717, 1.165) is 10.0 Å². The van der Waals surface area contributed by atoms with Crippen molar-refractivity contribution in [2.45, 2.75) is 24.9 Å². The van der Waals surface area contributed by atoms with Gasteiger partial charge in [-0.25, -0.2) is 13.4 Å². The molecule has 2 rings (SSSR count). The molecule has 1 aromatic heterocycles. The molecule has 1 aromatic carbocycles. The zero-order valence-electron chi connectivity index (χ0n) is 10.2. The number of rotatable bonds is 4. The van der Waals surface area contributed by atoms with Crippen molar-refractivity contribution in [3.8, 4) is 0 Å². The standard InChI is InChI=1S/C12H12BrClN2O2S/c1-2-11-15-12(19(14,17)18)8-16(11)7-9-5-3-4-6-10(9)13/h3-6,8H,2,7H2,1H3. The predicted octanol–water partition coefficient (Wildman–Crippen LogP) is 3.18. The van der Waals surface area contributed by atoms with Gasteiger partial charge >= 0.3 is 0 Å². The third kappa shape index (κ3) is 3.38. The molecule has 0 aliphatic carbocycles. The first-order chi connectivity index (χ1) is 8.91. The van der Waals surface area contributed by atoms with Crippen molar-refractivity contribution >= 4 is 35.7 Å². The van der Waals surface area contributed by atoms with Crippen LogP contribution in [0.1, 0.15) is 18.3 Å². The molecule has 0 N–H and O–H groups in total. The second-order valence-corrected chi connectivity index (χ2v) is 7.37. The third-order valence-corrected chi connectivity index (χ3v) is 4.65. The Morgan fingerprint density at radius 3 is 2.63 bits per heavy atom. The summed E-state index contributed by atoms with van der Waals surface area (Å²) in [7, 11) is 1.53. The molecule has 0 spiro atoms. The quantitative estimate of drug-likeness (QED) is 0.784. The van der Waals surface area contributed by atoms with Gasteiger partial charge in [-0.2, -0.15) is 0 Å². The summed E-state index contributed by atoms with van der Waals surface area (Å²) in [6.45, 7) is 2.47. The number of imidazole rings is 1. The second-order valence-electron chi connectivity index (χ2n) is 4.01. The van der Waals surface area contributed by atoms with Crippen LogP contribution in [-0.4, -0.2) is 18.0 Å². The van der Waals surface area contributed by atoms with E-state index in [1.54, 1.807) is 4.57 Å². The number of hydrogen-bond acceptors (Lipinski definition) is 3. The molecule has 0 bridgehead atoms. The largest absolute Gasteiger partial charge is 0.329 e. The van der Waals surface area contributed by atoms with E-state index >= 15 is 0 Å². The summed E-state index contributed by atoms with van der Waals surface area (Å²) >= 11 is 3.47. The summed E-state index contributed by atoms with van der Waals surface area (Å²) in [5, 5.41) is -0.0990. The van der Waals surface area contributed by atoms with Gasteiger partial charge in [-0.3, -0.25) is 0 Å². The molecular formula is C12H12BrClN2O2S. The van der Waals surface area contributed by atoms with Crippen molar-refractivity contribution in [3.05, 3.63) is 46.3 Å². The molecule has 0 aliphatic heterocycles. The van der Waals surface area contributed by atoms with Gasteiger partial charge in [0.05, 0.1) is 0 Å². The minimum atomic E-state index is -3.79. The lowest BCUT2D eigenvalue weighted by atomic mass is 10.2. The van der Waals surface area contributed by atoms with E-state index in [9.17, 15) is 8.42 Å². The Morgan fingerprint density at radius 2 is 2.05 bits per heavy atom. The van der Waals surface area contributed by atoms with Gasteiger partial charge in [0.1, 0.15) is 5.82 Å². The van der Waals surface area contributed by atoms with E-state index in [1.165, 1.54) is 6.20 Å². The Kier molecular flexibility index (Phi) is 4.32. The van der Waals surface area contributed by atoms with Crippen LogP contribution in [0.4, 0.5) is 0 Å². The van der Waals surface area contributed by atoms with Crippen LogP contribution >= 0.6 is 26.6 Å². The van der Waals surface area contributed by atoms with Gasteiger partial charge in [0, 0.05) is 34.3 Å². The monoisotopic (exact) mass is 362 g/mol. The first-order valence-corrected chi connectivity index (χ1v) is 8.76. The fraction of sp³-hybridized carbons (Fsp3) is 0.250. The molecular weight excluding hydrogens is 352 g/mol. The predicted molar refractivity (Wildman–Crippen MR) is 77.9 cm³/mol. The van der Waals surface area contributed by atoms with Gasteiger partial charge in [0.25, 0.3) is 9.05 Å². The molecule has 0 saturated heterocycles. The van der Waals surface area contributed by atoms with E-state index in [1.807, 2.05) is 31.2 Å². The maximum atomic E-state index is 11.3.